The number of ether oxygens (including phenoxy) is 1. The Bertz CT molecular complexity index is 780. The molecular weight excluding hydrogens is 315 g/mol. The summed E-state index contributed by atoms with van der Waals surface area (Å²) in [5.41, 5.74) is 1.12. The summed E-state index contributed by atoms with van der Waals surface area (Å²) in [6, 6.07) is 8.28. The molecule has 0 fully saturated rings. The molecule has 1 aromatic heterocycles. The van der Waals surface area contributed by atoms with Crippen molar-refractivity contribution in [3.63, 3.8) is 0 Å². The van der Waals surface area contributed by atoms with Crippen LogP contribution in [0.5, 0.6) is 5.75 Å². The lowest BCUT2D eigenvalue weighted by Gasteiger charge is -2.07. The predicted molar refractivity (Wildman–Crippen MR) is 85.1 cm³/mol. The van der Waals surface area contributed by atoms with Gasteiger partial charge in [0.1, 0.15) is 11.6 Å². The van der Waals surface area contributed by atoms with Crippen LogP contribution in [0.2, 0.25) is 0 Å². The molecule has 1 aromatic carbocycles. The van der Waals surface area contributed by atoms with Gasteiger partial charge in [0.15, 0.2) is 5.57 Å². The number of rotatable bonds is 5. The molecule has 7 heteroatoms. The number of esters is 1. The summed E-state index contributed by atoms with van der Waals surface area (Å²) in [5, 5.41) is 11.8. The molecule has 0 aliphatic rings. The average Bonchev–Trinajstić information content (AvgIpc) is 2.47. The first-order chi connectivity index (χ1) is 11.3. The molecule has 0 saturated heterocycles. The van der Waals surface area contributed by atoms with E-state index < -0.39 is 23.3 Å². The highest BCUT2D eigenvalue weighted by atomic mass is 19.1. The van der Waals surface area contributed by atoms with Crippen LogP contribution in [0.1, 0.15) is 11.4 Å². The highest BCUT2D eigenvalue weighted by molar-refractivity contribution is 6.14. The van der Waals surface area contributed by atoms with Crippen molar-refractivity contribution < 1.29 is 23.8 Å². The highest BCUT2D eigenvalue weighted by Crippen LogP contribution is 2.16. The molecule has 0 spiro atoms. The van der Waals surface area contributed by atoms with Crippen LogP contribution in [0, 0.1) is 19.7 Å². The lowest BCUT2D eigenvalue weighted by atomic mass is 10.2. The third kappa shape index (κ3) is 4.64. The number of benzene rings is 1. The smallest absolute Gasteiger partial charge is 0.352 e. The van der Waals surface area contributed by atoms with Crippen molar-refractivity contribution >= 4 is 17.6 Å². The van der Waals surface area contributed by atoms with Gasteiger partial charge in [-0.1, -0.05) is 0 Å². The van der Waals surface area contributed by atoms with Crippen molar-refractivity contribution in [2.75, 3.05) is 5.32 Å². The van der Waals surface area contributed by atoms with Crippen LogP contribution in [-0.2, 0) is 9.59 Å². The van der Waals surface area contributed by atoms with Gasteiger partial charge in [0.2, 0.25) is 0 Å². The molecule has 24 heavy (non-hydrogen) atoms. The van der Waals surface area contributed by atoms with Crippen molar-refractivity contribution in [1.29, 1.82) is 0 Å². The Kier molecular flexibility index (Phi) is 5.26. The minimum absolute atomic E-state index is 0.207. The van der Waals surface area contributed by atoms with E-state index in [1.165, 1.54) is 36.4 Å². The van der Waals surface area contributed by atoms with E-state index in [9.17, 15) is 19.1 Å². The molecule has 0 unspecified atom stereocenters. The van der Waals surface area contributed by atoms with Gasteiger partial charge in [0, 0.05) is 35.4 Å². The van der Waals surface area contributed by atoms with Gasteiger partial charge < -0.3 is 15.2 Å². The summed E-state index contributed by atoms with van der Waals surface area (Å²) in [6.45, 7) is 3.46. The maximum atomic E-state index is 12.8. The number of halogens is 1. The quantitative estimate of drug-likeness (QED) is 0.379. The molecule has 2 N–H and O–H groups in total. The Morgan fingerprint density at radius 3 is 2.29 bits per heavy atom. The number of carbonyl (C=O) groups is 2. The van der Waals surface area contributed by atoms with Crippen molar-refractivity contribution in [2.45, 2.75) is 13.8 Å². The van der Waals surface area contributed by atoms with E-state index in [-0.39, 0.29) is 5.75 Å². The molecule has 2 rings (SSSR count). The molecule has 1 heterocycles. The molecule has 0 aliphatic carbocycles. The average molecular weight is 330 g/mol. The lowest BCUT2D eigenvalue weighted by Crippen LogP contribution is -2.19. The SMILES string of the molecule is Cc1cc(OC(=O)C(=CNc2ccc(F)cc2)C(=O)O)cc(C)n1. The molecule has 0 atom stereocenters. The fraction of sp³-hybridized carbons (Fsp3) is 0.118. The Labute approximate surface area is 137 Å². The second-order valence-electron chi connectivity index (χ2n) is 4.99. The van der Waals surface area contributed by atoms with Crippen LogP contribution in [0.15, 0.2) is 48.2 Å². The van der Waals surface area contributed by atoms with Crippen LogP contribution in [0.25, 0.3) is 0 Å². The summed E-state index contributed by atoms with van der Waals surface area (Å²) in [4.78, 5) is 27.5. The first-order valence-electron chi connectivity index (χ1n) is 6.98. The van der Waals surface area contributed by atoms with E-state index in [2.05, 4.69) is 10.3 Å². The number of carbonyl (C=O) groups excluding carboxylic acids is 1. The van der Waals surface area contributed by atoms with Crippen LogP contribution in [0.3, 0.4) is 0 Å². The minimum atomic E-state index is -1.45. The number of pyridine rings is 1. The van der Waals surface area contributed by atoms with E-state index in [0.717, 1.165) is 6.20 Å². The molecule has 0 bridgehead atoms. The summed E-state index contributed by atoms with van der Waals surface area (Å²) in [7, 11) is 0. The number of carboxylic acid groups (broad SMARTS) is 1. The topological polar surface area (TPSA) is 88.5 Å². The summed E-state index contributed by atoms with van der Waals surface area (Å²) in [5.74, 6) is -2.69. The van der Waals surface area contributed by atoms with Crippen molar-refractivity contribution in [2.24, 2.45) is 0 Å². The Balaban J connectivity index is 2.16. The van der Waals surface area contributed by atoms with Gasteiger partial charge in [0.05, 0.1) is 0 Å². The second kappa shape index (κ2) is 7.36. The molecule has 0 aliphatic heterocycles. The van der Waals surface area contributed by atoms with Gasteiger partial charge in [0.25, 0.3) is 0 Å². The molecule has 0 amide bonds. The molecule has 0 saturated carbocycles. The molecular formula is C17H15FN2O4. The maximum Gasteiger partial charge on any atom is 0.352 e. The number of aliphatic carboxylic acids is 1. The zero-order chi connectivity index (χ0) is 17.7. The van der Waals surface area contributed by atoms with Crippen LogP contribution in [0.4, 0.5) is 10.1 Å². The third-order valence-electron chi connectivity index (χ3n) is 2.94. The summed E-state index contributed by atoms with van der Waals surface area (Å²) >= 11 is 0. The molecule has 124 valence electrons. The Morgan fingerprint density at radius 1 is 1.17 bits per heavy atom. The molecule has 6 nitrogen and oxygen atoms in total. The third-order valence-corrected chi connectivity index (χ3v) is 2.94. The largest absolute Gasteiger partial charge is 0.477 e. The number of aryl methyl sites for hydroxylation is 2. The fourth-order valence-corrected chi connectivity index (χ4v) is 1.93. The van der Waals surface area contributed by atoms with E-state index in [1.54, 1.807) is 13.8 Å². The van der Waals surface area contributed by atoms with Crippen molar-refractivity contribution in [3.8, 4) is 5.75 Å². The number of aromatic nitrogens is 1. The standard InChI is InChI=1S/C17H15FN2O4/c1-10-7-14(8-11(2)20-10)24-17(23)15(16(21)22)9-19-13-5-3-12(18)4-6-13/h3-9,19H,1-2H3,(H,21,22). The highest BCUT2D eigenvalue weighted by Gasteiger charge is 2.20. The van der Waals surface area contributed by atoms with Gasteiger partial charge in [-0.25, -0.2) is 14.0 Å². The van der Waals surface area contributed by atoms with Gasteiger partial charge in [-0.05, 0) is 38.1 Å². The molecule has 2 aromatic rings. The normalized spacial score (nSPS) is 11.0. The van der Waals surface area contributed by atoms with Crippen LogP contribution < -0.4 is 10.1 Å². The number of nitrogens with zero attached hydrogens (tertiary/aromatic N) is 1. The zero-order valence-electron chi connectivity index (χ0n) is 13.0. The van der Waals surface area contributed by atoms with Crippen molar-refractivity contribution in [3.05, 3.63) is 65.4 Å². The van der Waals surface area contributed by atoms with Gasteiger partial charge in [-0.2, -0.15) is 0 Å². The Morgan fingerprint density at radius 2 is 1.75 bits per heavy atom. The number of hydrogen-bond donors (Lipinski definition) is 2. The zero-order valence-corrected chi connectivity index (χ0v) is 13.0. The van der Waals surface area contributed by atoms with Crippen molar-refractivity contribution in [1.82, 2.24) is 4.98 Å². The van der Waals surface area contributed by atoms with Gasteiger partial charge >= 0.3 is 11.9 Å². The minimum Gasteiger partial charge on any atom is -0.477 e. The van der Waals surface area contributed by atoms with Gasteiger partial charge in [-0.3, -0.25) is 4.98 Å². The monoisotopic (exact) mass is 330 g/mol. The van der Waals surface area contributed by atoms with E-state index in [0.29, 0.717) is 17.1 Å². The first-order valence-corrected chi connectivity index (χ1v) is 6.98. The van der Waals surface area contributed by atoms with E-state index >= 15 is 0 Å². The number of carboxylic acids is 1. The van der Waals surface area contributed by atoms with E-state index in [1.807, 2.05) is 0 Å². The lowest BCUT2D eigenvalue weighted by molar-refractivity contribution is -0.138. The number of nitrogens with one attached hydrogen (secondary N) is 1. The first kappa shape index (κ1) is 17.1. The summed E-state index contributed by atoms with van der Waals surface area (Å²) in [6.07, 6.45) is 0.999. The fourth-order valence-electron chi connectivity index (χ4n) is 1.93. The maximum absolute atomic E-state index is 12.8. The second-order valence-corrected chi connectivity index (χ2v) is 4.99. The number of anilines is 1. The molecule has 0 radical (unpaired) electrons. The Hall–Kier alpha value is -3.22. The predicted octanol–water partition coefficient (Wildman–Crippen LogP) is 2.82. The van der Waals surface area contributed by atoms with Crippen LogP contribution in [-0.4, -0.2) is 22.0 Å². The van der Waals surface area contributed by atoms with Gasteiger partial charge in [-0.15, -0.1) is 0 Å². The number of hydrogen-bond acceptors (Lipinski definition) is 5. The summed E-state index contributed by atoms with van der Waals surface area (Å²) < 4.78 is 17.9. The van der Waals surface area contributed by atoms with Crippen LogP contribution >= 0.6 is 0 Å². The van der Waals surface area contributed by atoms with E-state index in [4.69, 9.17) is 4.74 Å².